The Morgan fingerprint density at radius 1 is 0.333 bits per heavy atom. The van der Waals surface area contributed by atoms with Crippen molar-refractivity contribution in [2.45, 2.75) is 219 Å². The van der Waals surface area contributed by atoms with Gasteiger partial charge in [-0.05, 0) is 128 Å². The Morgan fingerprint density at radius 3 is 1.03 bits per heavy atom. The smallest absolute Gasteiger partial charge is 0.306 e. The maximum absolute atomic E-state index is 12.8. The number of hydrogen-bond acceptors (Lipinski definition) is 5. The Kier molecular flexibility index (Phi) is 52.0. The Morgan fingerprint density at radius 2 is 0.636 bits per heavy atom. The lowest BCUT2D eigenvalue weighted by Gasteiger charge is -2.18. The molecule has 0 radical (unpaired) electrons. The van der Waals surface area contributed by atoms with E-state index in [1.165, 1.54) is 32.1 Å². The van der Waals surface area contributed by atoms with Crippen LogP contribution in [-0.4, -0.2) is 37.9 Å². The molecule has 0 aliphatic carbocycles. The molecule has 0 aliphatic heterocycles. The van der Waals surface area contributed by atoms with Gasteiger partial charge in [0.25, 0.3) is 0 Å². The summed E-state index contributed by atoms with van der Waals surface area (Å²) in [6.45, 7) is 7.39. The van der Waals surface area contributed by atoms with Crippen LogP contribution in [0.3, 0.4) is 0 Å². The van der Waals surface area contributed by atoms with Gasteiger partial charge in [0.2, 0.25) is 0 Å². The Hall–Kier alpha value is -3.96. The number of rotatable bonds is 47. The summed E-state index contributed by atoms with van der Waals surface area (Å²) in [5, 5.41) is 0. The highest BCUT2D eigenvalue weighted by atomic mass is 16.6. The Bertz CT molecular complexity index is 1400. The minimum Gasteiger partial charge on any atom is -0.462 e. The van der Waals surface area contributed by atoms with E-state index in [0.717, 1.165) is 148 Å². The Labute approximate surface area is 407 Å². The first-order valence-electron chi connectivity index (χ1n) is 26.7. The summed E-state index contributed by atoms with van der Waals surface area (Å²) in [7, 11) is 0. The van der Waals surface area contributed by atoms with E-state index in [1.54, 1.807) is 0 Å². The zero-order valence-electron chi connectivity index (χ0n) is 42.7. The van der Waals surface area contributed by atoms with E-state index in [-0.39, 0.29) is 25.2 Å². The summed E-state index contributed by atoms with van der Waals surface area (Å²) < 4.78 is 17.4. The van der Waals surface area contributed by atoms with Gasteiger partial charge in [-0.3, -0.25) is 9.59 Å². The zero-order chi connectivity index (χ0) is 47.7. The predicted molar refractivity (Wildman–Crippen MR) is 288 cm³/mol. The van der Waals surface area contributed by atoms with Crippen LogP contribution in [0.1, 0.15) is 213 Å². The van der Waals surface area contributed by atoms with Gasteiger partial charge in [-0.1, -0.05) is 206 Å². The van der Waals surface area contributed by atoms with Gasteiger partial charge in [0.1, 0.15) is 6.61 Å². The molecule has 5 nitrogen and oxygen atoms in total. The fourth-order valence-electron chi connectivity index (χ4n) is 6.80. The molecular formula is C61H98O5. The average Bonchev–Trinajstić information content (AvgIpc) is 3.32. The molecule has 0 heterocycles. The summed E-state index contributed by atoms with van der Waals surface area (Å²) in [6, 6.07) is 0. The van der Waals surface area contributed by atoms with Crippen molar-refractivity contribution < 1.29 is 23.8 Å². The fraction of sp³-hybridized carbons (Fsp3) is 0.607. The molecule has 0 bridgehead atoms. The topological polar surface area (TPSA) is 61.8 Å². The molecule has 5 heteroatoms. The van der Waals surface area contributed by atoms with Crippen LogP contribution in [0.25, 0.3) is 0 Å². The number of carbonyl (C=O) groups is 2. The average molecular weight is 911 g/mol. The number of hydrogen-bond donors (Lipinski definition) is 0. The molecule has 0 spiro atoms. The number of allylic oxidation sites excluding steroid dienone is 22. The van der Waals surface area contributed by atoms with E-state index in [2.05, 4.69) is 154 Å². The van der Waals surface area contributed by atoms with E-state index in [4.69, 9.17) is 14.2 Å². The molecule has 1 atom stereocenters. The Balaban J connectivity index is 4.38. The van der Waals surface area contributed by atoms with Crippen molar-refractivity contribution in [1.29, 1.82) is 0 Å². The van der Waals surface area contributed by atoms with E-state index in [0.29, 0.717) is 19.4 Å². The summed E-state index contributed by atoms with van der Waals surface area (Å²) in [5.41, 5.74) is 0. The lowest BCUT2D eigenvalue weighted by molar-refractivity contribution is -0.163. The third kappa shape index (κ3) is 52.7. The molecule has 372 valence electrons. The molecule has 1 unspecified atom stereocenters. The molecule has 0 fully saturated rings. The van der Waals surface area contributed by atoms with Gasteiger partial charge in [0, 0.05) is 19.4 Å². The van der Waals surface area contributed by atoms with Crippen LogP contribution in [0.5, 0.6) is 0 Å². The second-order valence-electron chi connectivity index (χ2n) is 17.0. The van der Waals surface area contributed by atoms with E-state index >= 15 is 0 Å². The molecule has 66 heavy (non-hydrogen) atoms. The first-order chi connectivity index (χ1) is 32.6. The predicted octanol–water partition coefficient (Wildman–Crippen LogP) is 18.3. The van der Waals surface area contributed by atoms with E-state index in [1.807, 2.05) is 0 Å². The highest BCUT2D eigenvalue weighted by molar-refractivity contribution is 5.70. The van der Waals surface area contributed by atoms with Crippen molar-refractivity contribution in [3.8, 4) is 0 Å². The van der Waals surface area contributed by atoms with Crippen LogP contribution in [0.2, 0.25) is 0 Å². The van der Waals surface area contributed by atoms with Crippen LogP contribution in [0.4, 0.5) is 0 Å². The van der Waals surface area contributed by atoms with Gasteiger partial charge in [-0.2, -0.15) is 0 Å². The minimum absolute atomic E-state index is 0.0471. The number of unbranched alkanes of at least 4 members (excludes halogenated alkanes) is 14. The summed E-state index contributed by atoms with van der Waals surface area (Å²) in [6.07, 6.45) is 78.9. The zero-order valence-corrected chi connectivity index (χ0v) is 42.7. The SMILES string of the molecule is CC/C=C\C/C=C\C/C=C\C/C=C\CCCCCCCCCOCC(COC(=O)CCCCCC/C=C\C/C=C\C/C=C\C/C=C\CC)OC(=O)CCCCC/C=C\C/C=C\C/C=C\CC. The molecule has 0 aromatic rings. The lowest BCUT2D eigenvalue weighted by atomic mass is 10.1. The van der Waals surface area contributed by atoms with Gasteiger partial charge in [0.15, 0.2) is 6.10 Å². The van der Waals surface area contributed by atoms with Crippen LogP contribution in [-0.2, 0) is 23.8 Å². The van der Waals surface area contributed by atoms with Gasteiger partial charge in [-0.25, -0.2) is 0 Å². The fourth-order valence-corrected chi connectivity index (χ4v) is 6.80. The van der Waals surface area contributed by atoms with Crippen molar-refractivity contribution >= 4 is 11.9 Å². The first kappa shape index (κ1) is 62.0. The molecule has 0 amide bonds. The van der Waals surface area contributed by atoms with Crippen LogP contribution in [0.15, 0.2) is 134 Å². The quantitative estimate of drug-likeness (QED) is 0.0346. The van der Waals surface area contributed by atoms with Gasteiger partial charge < -0.3 is 14.2 Å². The monoisotopic (exact) mass is 911 g/mol. The van der Waals surface area contributed by atoms with Gasteiger partial charge >= 0.3 is 11.9 Å². The number of esters is 2. The van der Waals surface area contributed by atoms with Crippen LogP contribution >= 0.6 is 0 Å². The van der Waals surface area contributed by atoms with Crippen LogP contribution < -0.4 is 0 Å². The van der Waals surface area contributed by atoms with E-state index < -0.39 is 6.10 Å². The number of carbonyl (C=O) groups excluding carboxylic acids is 2. The standard InChI is InChI=1S/C61H98O5/c1-4-7-10-13-16-19-22-25-27-29-30-31-33-35-38-41-44-47-50-53-56-64-57-59(66-61(63)55-52-49-46-43-40-36-24-21-18-15-12-9-6-3)58-65-60(62)54-51-48-45-42-39-37-34-32-28-26-23-20-17-14-11-8-5-2/h7-12,16-21,25-28,30-31,34,36-37,40,59H,4-6,13-15,22-24,29,32-33,35,38-39,41-58H2,1-3H3/b10-7-,11-8-,12-9-,19-16-,20-17-,21-18-,27-25-,28-26-,31-30-,37-34-,40-36-. The molecular weight excluding hydrogens is 813 g/mol. The third-order valence-electron chi connectivity index (χ3n) is 10.7. The molecule has 0 saturated heterocycles. The second-order valence-corrected chi connectivity index (χ2v) is 17.0. The maximum atomic E-state index is 12.8. The third-order valence-corrected chi connectivity index (χ3v) is 10.7. The first-order valence-corrected chi connectivity index (χ1v) is 26.7. The normalized spacial score (nSPS) is 13.3. The minimum atomic E-state index is -0.578. The lowest BCUT2D eigenvalue weighted by Crippen LogP contribution is -2.30. The molecule has 0 rings (SSSR count). The van der Waals surface area contributed by atoms with Crippen molar-refractivity contribution in [2.75, 3.05) is 19.8 Å². The maximum Gasteiger partial charge on any atom is 0.306 e. The van der Waals surface area contributed by atoms with Crippen molar-refractivity contribution in [1.82, 2.24) is 0 Å². The summed E-state index contributed by atoms with van der Waals surface area (Å²) in [5.74, 6) is -0.474. The van der Waals surface area contributed by atoms with E-state index in [9.17, 15) is 9.59 Å². The molecule has 0 N–H and O–H groups in total. The van der Waals surface area contributed by atoms with Crippen molar-refractivity contribution in [3.05, 3.63) is 134 Å². The molecule has 0 saturated carbocycles. The molecule has 0 aliphatic rings. The van der Waals surface area contributed by atoms with Crippen molar-refractivity contribution in [2.24, 2.45) is 0 Å². The molecule has 0 aromatic heterocycles. The summed E-state index contributed by atoms with van der Waals surface area (Å²) >= 11 is 0. The number of ether oxygens (including phenoxy) is 3. The van der Waals surface area contributed by atoms with Gasteiger partial charge in [0.05, 0.1) is 6.61 Å². The summed E-state index contributed by atoms with van der Waals surface area (Å²) in [4.78, 5) is 25.4. The van der Waals surface area contributed by atoms with Crippen molar-refractivity contribution in [3.63, 3.8) is 0 Å². The second kappa shape index (κ2) is 55.4. The highest BCUT2D eigenvalue weighted by Gasteiger charge is 2.17. The van der Waals surface area contributed by atoms with Gasteiger partial charge in [-0.15, -0.1) is 0 Å². The largest absolute Gasteiger partial charge is 0.462 e. The van der Waals surface area contributed by atoms with Crippen LogP contribution in [0, 0.1) is 0 Å². The highest BCUT2D eigenvalue weighted by Crippen LogP contribution is 2.12. The molecule has 0 aromatic carbocycles.